The van der Waals surface area contributed by atoms with Crippen LogP contribution in [0.15, 0.2) is 65.5 Å². The lowest BCUT2D eigenvalue weighted by Crippen LogP contribution is -2.50. The predicted molar refractivity (Wildman–Crippen MR) is 105 cm³/mol. The van der Waals surface area contributed by atoms with Crippen LogP contribution in [0.3, 0.4) is 0 Å². The second-order valence-corrected chi connectivity index (χ2v) is 6.67. The summed E-state index contributed by atoms with van der Waals surface area (Å²) in [5.41, 5.74) is 1.35. The Morgan fingerprint density at radius 2 is 1.59 bits per heavy atom. The van der Waals surface area contributed by atoms with Gasteiger partial charge in [-0.1, -0.05) is 30.3 Å². The highest BCUT2D eigenvalue weighted by Crippen LogP contribution is 2.22. The van der Waals surface area contributed by atoms with Crippen LogP contribution in [-0.4, -0.2) is 46.7 Å². The number of nitrogens with zero attached hydrogens (tertiary/aromatic N) is 3. The summed E-state index contributed by atoms with van der Waals surface area (Å²) in [4.78, 5) is 29.2. The molecule has 1 N–H and O–H groups in total. The molecule has 0 radical (unpaired) electrons. The lowest BCUT2D eigenvalue weighted by Gasteiger charge is -2.36. The fourth-order valence-corrected chi connectivity index (χ4v) is 3.57. The molecule has 138 valence electrons. The van der Waals surface area contributed by atoms with Crippen molar-refractivity contribution in [3.63, 3.8) is 0 Å². The van der Waals surface area contributed by atoms with Crippen molar-refractivity contribution in [3.8, 4) is 5.75 Å². The molecule has 6 heteroatoms. The van der Waals surface area contributed by atoms with Gasteiger partial charge in [0.05, 0.1) is 5.52 Å². The molecule has 1 saturated heterocycles. The van der Waals surface area contributed by atoms with Gasteiger partial charge in [-0.2, -0.15) is 0 Å². The van der Waals surface area contributed by atoms with Gasteiger partial charge in [0.1, 0.15) is 12.3 Å². The van der Waals surface area contributed by atoms with Crippen LogP contribution >= 0.6 is 0 Å². The molecule has 6 nitrogen and oxygen atoms in total. The number of rotatable bonds is 3. The summed E-state index contributed by atoms with van der Waals surface area (Å²) < 4.78 is 1.43. The van der Waals surface area contributed by atoms with Gasteiger partial charge in [-0.15, -0.1) is 0 Å². The van der Waals surface area contributed by atoms with Crippen molar-refractivity contribution < 1.29 is 9.90 Å². The monoisotopic (exact) mass is 363 g/mol. The summed E-state index contributed by atoms with van der Waals surface area (Å²) in [6.45, 7) is 2.75. The van der Waals surface area contributed by atoms with Crippen LogP contribution in [0.4, 0.5) is 5.69 Å². The van der Waals surface area contributed by atoms with E-state index in [0.717, 1.165) is 18.8 Å². The molecule has 3 aromatic rings. The van der Waals surface area contributed by atoms with Crippen molar-refractivity contribution >= 4 is 22.5 Å². The Labute approximate surface area is 156 Å². The lowest BCUT2D eigenvalue weighted by molar-refractivity contribution is -0.132. The Morgan fingerprint density at radius 3 is 2.33 bits per heavy atom. The second kappa shape index (κ2) is 7.15. The van der Waals surface area contributed by atoms with E-state index in [1.54, 1.807) is 29.2 Å². The molecule has 0 aliphatic carbocycles. The van der Waals surface area contributed by atoms with Crippen LogP contribution in [0, 0.1) is 0 Å². The van der Waals surface area contributed by atoms with E-state index in [1.165, 1.54) is 10.6 Å². The van der Waals surface area contributed by atoms with Gasteiger partial charge in [0, 0.05) is 43.3 Å². The molecule has 1 fully saturated rings. The summed E-state index contributed by atoms with van der Waals surface area (Å²) in [5, 5.41) is 10.6. The molecule has 1 aromatic heterocycles. The Hall–Kier alpha value is -3.28. The number of anilines is 1. The number of aromatic hydroxyl groups is 1. The summed E-state index contributed by atoms with van der Waals surface area (Å²) in [7, 11) is 0. The zero-order valence-electron chi connectivity index (χ0n) is 14.9. The highest BCUT2D eigenvalue weighted by atomic mass is 16.3. The Balaban J connectivity index is 1.49. The van der Waals surface area contributed by atoms with E-state index in [2.05, 4.69) is 17.0 Å². The first kappa shape index (κ1) is 17.1. The summed E-state index contributed by atoms with van der Waals surface area (Å²) in [5.74, 6) is -0.142. The molecular weight excluding hydrogens is 342 g/mol. The van der Waals surface area contributed by atoms with Crippen LogP contribution in [0.1, 0.15) is 0 Å². The highest BCUT2D eigenvalue weighted by Gasteiger charge is 2.22. The first-order valence-corrected chi connectivity index (χ1v) is 9.03. The van der Waals surface area contributed by atoms with E-state index in [0.29, 0.717) is 24.0 Å². The molecule has 0 atom stereocenters. The number of benzene rings is 2. The lowest BCUT2D eigenvalue weighted by atomic mass is 10.2. The number of pyridine rings is 1. The fraction of sp³-hybridized carbons (Fsp3) is 0.238. The Kier molecular flexibility index (Phi) is 4.54. The highest BCUT2D eigenvalue weighted by molar-refractivity contribution is 5.86. The second-order valence-electron chi connectivity index (χ2n) is 6.67. The van der Waals surface area contributed by atoms with E-state index < -0.39 is 0 Å². The van der Waals surface area contributed by atoms with Gasteiger partial charge in [0.15, 0.2) is 0 Å². The number of piperazine rings is 1. The number of hydrogen-bond donors (Lipinski definition) is 1. The van der Waals surface area contributed by atoms with Gasteiger partial charge < -0.3 is 14.9 Å². The first-order chi connectivity index (χ1) is 13.1. The minimum atomic E-state index is -0.373. The number of hydrogen-bond acceptors (Lipinski definition) is 4. The summed E-state index contributed by atoms with van der Waals surface area (Å²) in [6.07, 6.45) is 0. The third-order valence-corrected chi connectivity index (χ3v) is 5.04. The molecule has 0 unspecified atom stereocenters. The fourth-order valence-electron chi connectivity index (χ4n) is 3.57. The third-order valence-electron chi connectivity index (χ3n) is 5.04. The molecule has 1 amide bonds. The number of aromatic nitrogens is 1. The van der Waals surface area contributed by atoms with Crippen molar-refractivity contribution in [1.29, 1.82) is 0 Å². The van der Waals surface area contributed by atoms with Crippen LogP contribution in [0.2, 0.25) is 0 Å². The van der Waals surface area contributed by atoms with Gasteiger partial charge >= 0.3 is 0 Å². The first-order valence-electron chi connectivity index (χ1n) is 9.03. The van der Waals surface area contributed by atoms with E-state index in [-0.39, 0.29) is 23.8 Å². The van der Waals surface area contributed by atoms with Crippen molar-refractivity contribution in [1.82, 2.24) is 9.47 Å². The van der Waals surface area contributed by atoms with E-state index in [1.807, 2.05) is 18.2 Å². The quantitative estimate of drug-likeness (QED) is 0.774. The molecule has 2 heterocycles. The topological polar surface area (TPSA) is 65.8 Å². The molecular formula is C21H21N3O3. The molecule has 0 saturated carbocycles. The van der Waals surface area contributed by atoms with Gasteiger partial charge in [-0.3, -0.25) is 14.2 Å². The van der Waals surface area contributed by atoms with Crippen LogP contribution in [0.5, 0.6) is 5.75 Å². The number of para-hydroxylation sites is 2. The minimum Gasteiger partial charge on any atom is -0.507 e. The number of carbonyl (C=O) groups is 1. The van der Waals surface area contributed by atoms with Crippen molar-refractivity contribution in [2.45, 2.75) is 6.54 Å². The van der Waals surface area contributed by atoms with Gasteiger partial charge in [0.2, 0.25) is 5.91 Å². The van der Waals surface area contributed by atoms with Crippen molar-refractivity contribution in [2.24, 2.45) is 0 Å². The molecule has 0 spiro atoms. The molecule has 0 bridgehead atoms. The summed E-state index contributed by atoms with van der Waals surface area (Å²) >= 11 is 0. The standard InChI is InChI=1S/C21H21N3O3/c25-19-14-20(26)24(18-9-5-4-8-17(18)19)15-21(27)23-12-10-22(11-13-23)16-6-2-1-3-7-16/h1-9,14,25H,10-13,15H2. The summed E-state index contributed by atoms with van der Waals surface area (Å²) in [6, 6.07) is 18.4. The minimum absolute atomic E-state index is 0.0229. The smallest absolute Gasteiger partial charge is 0.255 e. The molecule has 1 aliphatic rings. The SMILES string of the molecule is O=C(Cn1c(=O)cc(O)c2ccccc21)N1CCN(c2ccccc2)CC1. The van der Waals surface area contributed by atoms with Crippen LogP contribution in [-0.2, 0) is 11.3 Å². The van der Waals surface area contributed by atoms with Crippen LogP contribution < -0.4 is 10.5 Å². The maximum absolute atomic E-state index is 12.8. The number of carbonyl (C=O) groups excluding carboxylic acids is 1. The maximum Gasteiger partial charge on any atom is 0.255 e. The van der Waals surface area contributed by atoms with Gasteiger partial charge in [0.25, 0.3) is 5.56 Å². The number of amides is 1. The third kappa shape index (κ3) is 3.38. The van der Waals surface area contributed by atoms with Crippen molar-refractivity contribution in [3.05, 3.63) is 71.0 Å². The van der Waals surface area contributed by atoms with Crippen LogP contribution in [0.25, 0.3) is 10.9 Å². The average Bonchev–Trinajstić information content (AvgIpc) is 2.72. The Bertz CT molecular complexity index is 1020. The van der Waals surface area contributed by atoms with E-state index in [9.17, 15) is 14.7 Å². The zero-order chi connectivity index (χ0) is 18.8. The molecule has 2 aromatic carbocycles. The van der Waals surface area contributed by atoms with Gasteiger partial charge in [-0.25, -0.2) is 0 Å². The maximum atomic E-state index is 12.8. The normalized spacial score (nSPS) is 14.5. The van der Waals surface area contributed by atoms with E-state index in [4.69, 9.17) is 0 Å². The van der Waals surface area contributed by atoms with Crippen molar-refractivity contribution in [2.75, 3.05) is 31.1 Å². The molecule has 1 aliphatic heterocycles. The predicted octanol–water partition coefficient (Wildman–Crippen LogP) is 2.06. The largest absolute Gasteiger partial charge is 0.507 e. The number of fused-ring (bicyclic) bond motifs is 1. The molecule has 4 rings (SSSR count). The Morgan fingerprint density at radius 1 is 0.926 bits per heavy atom. The van der Waals surface area contributed by atoms with Gasteiger partial charge in [-0.05, 0) is 24.3 Å². The average molecular weight is 363 g/mol. The zero-order valence-corrected chi connectivity index (χ0v) is 14.9. The molecule has 27 heavy (non-hydrogen) atoms. The van der Waals surface area contributed by atoms with E-state index >= 15 is 0 Å².